The Morgan fingerprint density at radius 2 is 2.17 bits per heavy atom. The Kier molecular flexibility index (Phi) is 5.04. The third-order valence-electron chi connectivity index (χ3n) is 4.00. The van der Waals surface area contributed by atoms with Crippen molar-refractivity contribution in [2.75, 3.05) is 24.7 Å². The zero-order valence-corrected chi connectivity index (χ0v) is 12.0. The molecule has 0 spiro atoms. The summed E-state index contributed by atoms with van der Waals surface area (Å²) in [5.74, 6) is 1.08. The van der Waals surface area contributed by atoms with Crippen molar-refractivity contribution in [3.63, 3.8) is 0 Å². The van der Waals surface area contributed by atoms with Crippen LogP contribution in [-0.2, 0) is 14.6 Å². The summed E-state index contributed by atoms with van der Waals surface area (Å²) in [5.41, 5.74) is 0. The van der Waals surface area contributed by atoms with Crippen molar-refractivity contribution in [1.82, 2.24) is 5.32 Å². The summed E-state index contributed by atoms with van der Waals surface area (Å²) in [6.07, 6.45) is 5.66. The average Bonchev–Trinajstić information content (AvgIpc) is 2.68. The van der Waals surface area contributed by atoms with Gasteiger partial charge in [-0.25, -0.2) is 8.42 Å². The first-order valence-corrected chi connectivity index (χ1v) is 8.96. The molecule has 2 saturated heterocycles. The summed E-state index contributed by atoms with van der Waals surface area (Å²) in [6, 6.07) is 0.513. The maximum absolute atomic E-state index is 11.4. The van der Waals surface area contributed by atoms with Gasteiger partial charge in [0.15, 0.2) is 9.84 Å². The molecule has 3 unspecified atom stereocenters. The Balaban J connectivity index is 1.70. The minimum Gasteiger partial charge on any atom is -0.378 e. The lowest BCUT2D eigenvalue weighted by atomic mass is 9.99. The summed E-state index contributed by atoms with van der Waals surface area (Å²) >= 11 is 0. The molecular formula is C13H25NO3S. The van der Waals surface area contributed by atoms with Crippen molar-refractivity contribution in [3.05, 3.63) is 0 Å². The van der Waals surface area contributed by atoms with E-state index in [4.69, 9.17) is 4.74 Å². The molecule has 2 aliphatic rings. The second-order valence-corrected chi connectivity index (χ2v) is 7.91. The lowest BCUT2D eigenvalue weighted by molar-refractivity contribution is -0.00355. The van der Waals surface area contributed by atoms with Crippen LogP contribution in [0.2, 0.25) is 0 Å². The maximum Gasteiger partial charge on any atom is 0.150 e. The van der Waals surface area contributed by atoms with E-state index in [0.717, 1.165) is 45.3 Å². The highest BCUT2D eigenvalue weighted by atomic mass is 32.2. The van der Waals surface area contributed by atoms with E-state index >= 15 is 0 Å². The van der Waals surface area contributed by atoms with Crippen LogP contribution in [0.25, 0.3) is 0 Å². The predicted octanol–water partition coefficient (Wildman–Crippen LogP) is 1.36. The second-order valence-electron chi connectivity index (χ2n) is 5.68. The SMILES string of the molecule is CCCC1CC(NCC2CCS(=O)(=O)C2)CCO1. The van der Waals surface area contributed by atoms with Crippen LogP contribution in [0.4, 0.5) is 0 Å². The van der Waals surface area contributed by atoms with Crippen molar-refractivity contribution < 1.29 is 13.2 Å². The number of ether oxygens (including phenoxy) is 1. The molecule has 4 nitrogen and oxygen atoms in total. The minimum atomic E-state index is -2.73. The molecule has 0 amide bonds. The number of sulfone groups is 1. The average molecular weight is 275 g/mol. The van der Waals surface area contributed by atoms with Gasteiger partial charge < -0.3 is 10.1 Å². The molecule has 2 aliphatic heterocycles. The number of nitrogens with one attached hydrogen (secondary N) is 1. The largest absolute Gasteiger partial charge is 0.378 e. The molecule has 0 aromatic rings. The molecule has 0 radical (unpaired) electrons. The Morgan fingerprint density at radius 1 is 1.33 bits per heavy atom. The topological polar surface area (TPSA) is 55.4 Å². The Hall–Kier alpha value is -0.130. The Labute approximate surface area is 110 Å². The van der Waals surface area contributed by atoms with E-state index in [-0.39, 0.29) is 0 Å². The number of hydrogen-bond acceptors (Lipinski definition) is 4. The fourth-order valence-electron chi connectivity index (χ4n) is 2.96. The fourth-order valence-corrected chi connectivity index (χ4v) is 4.82. The first-order valence-electron chi connectivity index (χ1n) is 7.14. The molecule has 3 atom stereocenters. The normalized spacial score (nSPS) is 35.7. The highest BCUT2D eigenvalue weighted by molar-refractivity contribution is 7.91. The monoisotopic (exact) mass is 275 g/mol. The summed E-state index contributed by atoms with van der Waals surface area (Å²) in [5, 5.41) is 3.55. The van der Waals surface area contributed by atoms with Gasteiger partial charge in [0, 0.05) is 12.6 Å². The smallest absolute Gasteiger partial charge is 0.150 e. The molecule has 1 N–H and O–H groups in total. The Morgan fingerprint density at radius 3 is 2.83 bits per heavy atom. The molecule has 2 rings (SSSR count). The molecule has 0 saturated carbocycles. The van der Waals surface area contributed by atoms with Crippen LogP contribution in [0.1, 0.15) is 39.0 Å². The third kappa shape index (κ3) is 4.21. The van der Waals surface area contributed by atoms with Gasteiger partial charge in [0.05, 0.1) is 17.6 Å². The third-order valence-corrected chi connectivity index (χ3v) is 5.84. The van der Waals surface area contributed by atoms with Crippen LogP contribution in [0.3, 0.4) is 0 Å². The minimum absolute atomic E-state index is 0.322. The molecule has 5 heteroatoms. The number of rotatable bonds is 5. The summed E-state index contributed by atoms with van der Waals surface area (Å²) in [6.45, 7) is 3.87. The van der Waals surface area contributed by atoms with Crippen molar-refractivity contribution in [1.29, 1.82) is 0 Å². The molecule has 0 aromatic carbocycles. The molecule has 2 fully saturated rings. The van der Waals surface area contributed by atoms with Gasteiger partial charge in [0.1, 0.15) is 0 Å². The maximum atomic E-state index is 11.4. The van der Waals surface area contributed by atoms with Gasteiger partial charge in [0.2, 0.25) is 0 Å². The van der Waals surface area contributed by atoms with Gasteiger partial charge in [0.25, 0.3) is 0 Å². The van der Waals surface area contributed by atoms with Gasteiger partial charge in [-0.05, 0) is 38.1 Å². The first-order chi connectivity index (χ1) is 8.59. The lowest BCUT2D eigenvalue weighted by Gasteiger charge is -2.30. The molecule has 2 heterocycles. The van der Waals surface area contributed by atoms with Crippen molar-refractivity contribution in [2.24, 2.45) is 5.92 Å². The zero-order chi connectivity index (χ0) is 13.0. The summed E-state index contributed by atoms with van der Waals surface area (Å²) in [7, 11) is -2.73. The lowest BCUT2D eigenvalue weighted by Crippen LogP contribution is -2.41. The Bertz CT molecular complexity index is 353. The van der Waals surface area contributed by atoms with Gasteiger partial charge in [-0.15, -0.1) is 0 Å². The molecule has 0 bridgehead atoms. The van der Waals surface area contributed by atoms with E-state index in [1.54, 1.807) is 0 Å². The van der Waals surface area contributed by atoms with Crippen molar-refractivity contribution in [2.45, 2.75) is 51.2 Å². The molecule has 106 valence electrons. The first kappa shape index (κ1) is 14.3. The zero-order valence-electron chi connectivity index (χ0n) is 11.2. The van der Waals surface area contributed by atoms with Crippen molar-refractivity contribution in [3.8, 4) is 0 Å². The standard InChI is InChI=1S/C13H25NO3S/c1-2-3-13-8-12(4-6-17-13)14-9-11-5-7-18(15,16)10-11/h11-14H,2-10H2,1H3. The molecule has 0 aromatic heterocycles. The highest BCUT2D eigenvalue weighted by Crippen LogP contribution is 2.20. The van der Waals surface area contributed by atoms with E-state index in [2.05, 4.69) is 12.2 Å². The van der Waals surface area contributed by atoms with Gasteiger partial charge in [-0.1, -0.05) is 13.3 Å². The van der Waals surface area contributed by atoms with Crippen molar-refractivity contribution >= 4 is 9.84 Å². The van der Waals surface area contributed by atoms with E-state index < -0.39 is 9.84 Å². The van der Waals surface area contributed by atoms with E-state index in [9.17, 15) is 8.42 Å². The van der Waals surface area contributed by atoms with Crippen LogP contribution in [-0.4, -0.2) is 45.2 Å². The van der Waals surface area contributed by atoms with E-state index in [1.807, 2.05) is 0 Å². The summed E-state index contributed by atoms with van der Waals surface area (Å²) in [4.78, 5) is 0. The predicted molar refractivity (Wildman–Crippen MR) is 72.4 cm³/mol. The van der Waals surface area contributed by atoms with Crippen LogP contribution in [0.5, 0.6) is 0 Å². The fraction of sp³-hybridized carbons (Fsp3) is 1.00. The van der Waals surface area contributed by atoms with Gasteiger partial charge >= 0.3 is 0 Å². The van der Waals surface area contributed by atoms with E-state index in [0.29, 0.717) is 29.6 Å². The van der Waals surface area contributed by atoms with Crippen LogP contribution < -0.4 is 5.32 Å². The quantitative estimate of drug-likeness (QED) is 0.823. The van der Waals surface area contributed by atoms with Crippen LogP contribution >= 0.6 is 0 Å². The molecular weight excluding hydrogens is 250 g/mol. The summed E-state index contributed by atoms with van der Waals surface area (Å²) < 4.78 is 28.5. The second kappa shape index (κ2) is 6.35. The molecule has 18 heavy (non-hydrogen) atoms. The van der Waals surface area contributed by atoms with Crippen LogP contribution in [0.15, 0.2) is 0 Å². The van der Waals surface area contributed by atoms with Gasteiger partial charge in [-0.2, -0.15) is 0 Å². The van der Waals surface area contributed by atoms with Crippen LogP contribution in [0, 0.1) is 5.92 Å². The number of hydrogen-bond donors (Lipinski definition) is 1. The highest BCUT2D eigenvalue weighted by Gasteiger charge is 2.29. The van der Waals surface area contributed by atoms with Gasteiger partial charge in [-0.3, -0.25) is 0 Å². The molecule has 0 aliphatic carbocycles. The van der Waals surface area contributed by atoms with E-state index in [1.165, 1.54) is 0 Å².